The van der Waals surface area contributed by atoms with Gasteiger partial charge in [-0.25, -0.2) is 9.37 Å². The van der Waals surface area contributed by atoms with Gasteiger partial charge in [-0.2, -0.15) is 0 Å². The molecule has 1 N–H and O–H groups in total. The minimum Gasteiger partial charge on any atom is -0.323 e. The fourth-order valence-electron chi connectivity index (χ4n) is 3.12. The molecule has 0 radical (unpaired) electrons. The molecule has 2 heterocycles. The van der Waals surface area contributed by atoms with Crippen molar-refractivity contribution in [2.24, 2.45) is 0 Å². The molecule has 32 heavy (non-hydrogen) atoms. The van der Waals surface area contributed by atoms with E-state index < -0.39 is 0 Å². The fourth-order valence-corrected chi connectivity index (χ4v) is 4.05. The topological polar surface area (TPSA) is 72.7 Å². The summed E-state index contributed by atoms with van der Waals surface area (Å²) < 4.78 is 16.3. The second-order valence-corrected chi connectivity index (χ2v) is 8.15. The molecule has 0 saturated heterocycles. The number of nitrogens with one attached hydrogen (secondary N) is 1. The number of aromatic nitrogens is 4. The SMILES string of the molecule is O=C(CSc1nnc(-c2ccccc2F)n1CCc1ccccc1)Nc1cccnc1Cl. The van der Waals surface area contributed by atoms with E-state index >= 15 is 0 Å². The lowest BCUT2D eigenvalue weighted by molar-refractivity contribution is -0.113. The number of carbonyl (C=O) groups is 1. The molecule has 4 aromatic rings. The number of nitrogens with zero attached hydrogens (tertiary/aromatic N) is 4. The molecule has 162 valence electrons. The maximum Gasteiger partial charge on any atom is 0.234 e. The highest BCUT2D eigenvalue weighted by Gasteiger charge is 2.18. The molecule has 0 aliphatic heterocycles. The van der Waals surface area contributed by atoms with Crippen LogP contribution < -0.4 is 5.32 Å². The van der Waals surface area contributed by atoms with Crippen LogP contribution in [-0.4, -0.2) is 31.4 Å². The standard InChI is InChI=1S/C23H19ClFN5OS/c24-21-19(11-6-13-26-21)27-20(31)15-32-23-29-28-22(17-9-4-5-10-18(17)25)30(23)14-12-16-7-2-1-3-8-16/h1-11,13H,12,14-15H2,(H,27,31). The first kappa shape index (κ1) is 22.0. The average molecular weight is 468 g/mol. The van der Waals surface area contributed by atoms with Crippen molar-refractivity contribution in [3.05, 3.63) is 89.5 Å². The monoisotopic (exact) mass is 467 g/mol. The van der Waals surface area contributed by atoms with Crippen LogP contribution in [0.15, 0.2) is 78.1 Å². The minimum absolute atomic E-state index is 0.0893. The van der Waals surface area contributed by atoms with E-state index in [0.717, 1.165) is 5.56 Å². The first-order valence-corrected chi connectivity index (χ1v) is 11.2. The van der Waals surface area contributed by atoms with Crippen molar-refractivity contribution in [3.63, 3.8) is 0 Å². The van der Waals surface area contributed by atoms with E-state index in [9.17, 15) is 9.18 Å². The molecule has 0 atom stereocenters. The molecule has 1 amide bonds. The zero-order chi connectivity index (χ0) is 22.3. The average Bonchev–Trinajstić information content (AvgIpc) is 3.21. The number of benzene rings is 2. The summed E-state index contributed by atoms with van der Waals surface area (Å²) in [6, 6.07) is 19.8. The van der Waals surface area contributed by atoms with E-state index in [4.69, 9.17) is 11.6 Å². The Hall–Kier alpha value is -3.23. The summed E-state index contributed by atoms with van der Waals surface area (Å²) in [5.41, 5.74) is 1.95. The van der Waals surface area contributed by atoms with Gasteiger partial charge in [0, 0.05) is 12.7 Å². The summed E-state index contributed by atoms with van der Waals surface area (Å²) in [7, 11) is 0. The quantitative estimate of drug-likeness (QED) is 0.288. The molecule has 4 rings (SSSR count). The Kier molecular flexibility index (Phi) is 7.14. The van der Waals surface area contributed by atoms with Crippen molar-refractivity contribution in [3.8, 4) is 11.4 Å². The van der Waals surface area contributed by atoms with Gasteiger partial charge in [-0.05, 0) is 36.2 Å². The number of pyridine rings is 1. The molecule has 2 aromatic carbocycles. The summed E-state index contributed by atoms with van der Waals surface area (Å²) in [6.07, 6.45) is 2.26. The van der Waals surface area contributed by atoms with Gasteiger partial charge in [0.25, 0.3) is 0 Å². The van der Waals surface area contributed by atoms with Crippen LogP contribution in [0.25, 0.3) is 11.4 Å². The molecule has 6 nitrogen and oxygen atoms in total. The van der Waals surface area contributed by atoms with Crippen molar-refractivity contribution in [2.75, 3.05) is 11.1 Å². The van der Waals surface area contributed by atoms with Crippen LogP contribution in [0.2, 0.25) is 5.15 Å². The van der Waals surface area contributed by atoms with Gasteiger partial charge in [-0.1, -0.05) is 65.8 Å². The first-order chi connectivity index (χ1) is 15.6. The number of thioether (sulfide) groups is 1. The zero-order valence-corrected chi connectivity index (χ0v) is 18.5. The van der Waals surface area contributed by atoms with Gasteiger partial charge < -0.3 is 9.88 Å². The number of hydrogen-bond donors (Lipinski definition) is 1. The van der Waals surface area contributed by atoms with Crippen molar-refractivity contribution < 1.29 is 9.18 Å². The van der Waals surface area contributed by atoms with E-state index in [1.165, 1.54) is 17.8 Å². The van der Waals surface area contributed by atoms with Crippen molar-refractivity contribution in [2.45, 2.75) is 18.1 Å². The molecule has 0 aliphatic carbocycles. The molecule has 9 heteroatoms. The lowest BCUT2D eigenvalue weighted by atomic mass is 10.1. The summed E-state index contributed by atoms with van der Waals surface area (Å²) in [4.78, 5) is 16.4. The largest absolute Gasteiger partial charge is 0.323 e. The van der Waals surface area contributed by atoms with Gasteiger partial charge in [0.05, 0.1) is 17.0 Å². The molecule has 0 saturated carbocycles. The molecule has 0 bridgehead atoms. The molecule has 0 aliphatic rings. The van der Waals surface area contributed by atoms with E-state index in [2.05, 4.69) is 20.5 Å². The third kappa shape index (κ3) is 5.33. The second-order valence-electron chi connectivity index (χ2n) is 6.85. The fraction of sp³-hybridized carbons (Fsp3) is 0.130. The van der Waals surface area contributed by atoms with Crippen LogP contribution >= 0.6 is 23.4 Å². The highest BCUT2D eigenvalue weighted by atomic mass is 35.5. The zero-order valence-electron chi connectivity index (χ0n) is 16.9. The van der Waals surface area contributed by atoms with E-state index in [1.807, 2.05) is 34.9 Å². The van der Waals surface area contributed by atoms with E-state index in [1.54, 1.807) is 36.5 Å². The Morgan fingerprint density at radius 3 is 2.59 bits per heavy atom. The Labute approximate surface area is 193 Å². The number of anilines is 1. The molecule has 0 unspecified atom stereocenters. The summed E-state index contributed by atoms with van der Waals surface area (Å²) >= 11 is 7.23. The van der Waals surface area contributed by atoms with Gasteiger partial charge in [-0.15, -0.1) is 10.2 Å². The van der Waals surface area contributed by atoms with Gasteiger partial charge in [0.15, 0.2) is 16.1 Å². The number of halogens is 2. The smallest absolute Gasteiger partial charge is 0.234 e. The highest BCUT2D eigenvalue weighted by molar-refractivity contribution is 7.99. The predicted molar refractivity (Wildman–Crippen MR) is 124 cm³/mol. The number of carbonyl (C=O) groups excluding carboxylic acids is 1. The maximum absolute atomic E-state index is 14.5. The van der Waals surface area contributed by atoms with Crippen LogP contribution in [0, 0.1) is 5.82 Å². The summed E-state index contributed by atoms with van der Waals surface area (Å²) in [6.45, 7) is 0.541. The van der Waals surface area contributed by atoms with Crippen LogP contribution in [0.5, 0.6) is 0 Å². The Morgan fingerprint density at radius 1 is 1.03 bits per heavy atom. The third-order valence-electron chi connectivity index (χ3n) is 4.66. The molecule has 0 fully saturated rings. The second kappa shape index (κ2) is 10.4. The van der Waals surface area contributed by atoms with Crippen LogP contribution in [0.1, 0.15) is 5.56 Å². The van der Waals surface area contributed by atoms with Crippen molar-refractivity contribution in [1.82, 2.24) is 19.7 Å². The van der Waals surface area contributed by atoms with E-state index in [0.29, 0.717) is 35.2 Å². The Balaban J connectivity index is 1.53. The Morgan fingerprint density at radius 2 is 1.81 bits per heavy atom. The van der Waals surface area contributed by atoms with Crippen molar-refractivity contribution in [1.29, 1.82) is 0 Å². The van der Waals surface area contributed by atoms with Crippen LogP contribution in [0.3, 0.4) is 0 Å². The number of amides is 1. The normalized spacial score (nSPS) is 10.8. The first-order valence-electron chi connectivity index (χ1n) is 9.87. The van der Waals surface area contributed by atoms with Crippen LogP contribution in [-0.2, 0) is 17.8 Å². The lowest BCUT2D eigenvalue weighted by Gasteiger charge is -2.11. The third-order valence-corrected chi connectivity index (χ3v) is 5.93. The van der Waals surface area contributed by atoms with Gasteiger partial charge in [0.2, 0.25) is 5.91 Å². The predicted octanol–water partition coefficient (Wildman–Crippen LogP) is 5.11. The summed E-state index contributed by atoms with van der Waals surface area (Å²) in [5, 5.41) is 11.9. The maximum atomic E-state index is 14.5. The molecule has 2 aromatic heterocycles. The van der Waals surface area contributed by atoms with Gasteiger partial charge in [-0.3, -0.25) is 4.79 Å². The summed E-state index contributed by atoms with van der Waals surface area (Å²) in [5.74, 6) is -0.111. The number of rotatable bonds is 8. The molecular formula is C23H19ClFN5OS. The van der Waals surface area contributed by atoms with Crippen LogP contribution in [0.4, 0.5) is 10.1 Å². The lowest BCUT2D eigenvalue weighted by Crippen LogP contribution is -2.15. The van der Waals surface area contributed by atoms with Gasteiger partial charge >= 0.3 is 0 Å². The number of aryl methyl sites for hydroxylation is 1. The molecule has 0 spiro atoms. The van der Waals surface area contributed by atoms with Gasteiger partial charge in [0.1, 0.15) is 5.82 Å². The molecular weight excluding hydrogens is 449 g/mol. The minimum atomic E-state index is -0.374. The van der Waals surface area contributed by atoms with Crippen molar-refractivity contribution >= 4 is 35.0 Å². The van der Waals surface area contributed by atoms with E-state index in [-0.39, 0.29) is 22.6 Å². The highest BCUT2D eigenvalue weighted by Crippen LogP contribution is 2.27. The Bertz CT molecular complexity index is 1220. The number of hydrogen-bond acceptors (Lipinski definition) is 5.